The van der Waals surface area contributed by atoms with E-state index in [-0.39, 0.29) is 5.91 Å². The monoisotopic (exact) mass is 397 g/mol. The van der Waals surface area contributed by atoms with Gasteiger partial charge in [0.1, 0.15) is 0 Å². The van der Waals surface area contributed by atoms with E-state index in [9.17, 15) is 4.79 Å². The molecule has 0 unspecified atom stereocenters. The fourth-order valence-corrected chi connectivity index (χ4v) is 3.10. The van der Waals surface area contributed by atoms with Gasteiger partial charge < -0.3 is 10.1 Å². The highest BCUT2D eigenvalue weighted by atomic mass is 79.9. The van der Waals surface area contributed by atoms with Crippen LogP contribution in [0, 0.1) is 0 Å². The molecule has 1 N–H and O–H groups in total. The average Bonchev–Trinajstić information content (AvgIpc) is 2.40. The number of rotatable bonds is 4. The van der Waals surface area contributed by atoms with Gasteiger partial charge in [-0.05, 0) is 24.3 Å². The van der Waals surface area contributed by atoms with Crippen LogP contribution in [0.25, 0.3) is 0 Å². The van der Waals surface area contributed by atoms with Gasteiger partial charge in [0.15, 0.2) is 0 Å². The summed E-state index contributed by atoms with van der Waals surface area (Å²) in [5, 5.41) is 2.91. The Morgan fingerprint density at radius 1 is 1.15 bits per heavy atom. The summed E-state index contributed by atoms with van der Waals surface area (Å²) in [5.74, 6) is -0.157. The third-order valence-electron chi connectivity index (χ3n) is 2.69. The maximum atomic E-state index is 12.3. The van der Waals surface area contributed by atoms with E-state index in [2.05, 4.69) is 37.2 Å². The number of anilines is 1. The van der Waals surface area contributed by atoms with Crippen molar-refractivity contribution in [1.82, 2.24) is 0 Å². The van der Waals surface area contributed by atoms with Crippen LogP contribution in [0.5, 0.6) is 0 Å². The first-order valence-electron chi connectivity index (χ1n) is 5.94. The van der Waals surface area contributed by atoms with E-state index >= 15 is 0 Å². The summed E-state index contributed by atoms with van der Waals surface area (Å²) in [5.41, 5.74) is 2.28. The lowest BCUT2D eigenvalue weighted by Crippen LogP contribution is -2.13. The molecule has 0 spiro atoms. The molecule has 0 aliphatic heterocycles. The van der Waals surface area contributed by atoms with Crippen LogP contribution >= 0.6 is 31.9 Å². The van der Waals surface area contributed by atoms with Crippen LogP contribution in [0.4, 0.5) is 5.69 Å². The number of hydrogen-bond acceptors (Lipinski definition) is 2. The third kappa shape index (κ3) is 3.91. The third-order valence-corrected chi connectivity index (χ3v) is 3.61. The molecule has 0 aliphatic carbocycles. The molecule has 0 saturated heterocycles. The summed E-state index contributed by atoms with van der Waals surface area (Å²) >= 11 is 6.75. The quantitative estimate of drug-likeness (QED) is 0.816. The summed E-state index contributed by atoms with van der Waals surface area (Å²) in [4.78, 5) is 12.3. The molecule has 0 saturated carbocycles. The Morgan fingerprint density at radius 2 is 1.80 bits per heavy atom. The van der Waals surface area contributed by atoms with E-state index < -0.39 is 0 Å². The molecule has 0 heterocycles. The van der Waals surface area contributed by atoms with Crippen molar-refractivity contribution in [3.8, 4) is 0 Å². The van der Waals surface area contributed by atoms with E-state index in [4.69, 9.17) is 4.74 Å². The van der Waals surface area contributed by atoms with Gasteiger partial charge in [0.05, 0.1) is 6.61 Å². The van der Waals surface area contributed by atoms with Crippen molar-refractivity contribution in [2.45, 2.75) is 6.61 Å². The summed E-state index contributed by atoms with van der Waals surface area (Å²) in [7, 11) is 1.63. The minimum atomic E-state index is -0.157. The van der Waals surface area contributed by atoms with Crippen LogP contribution < -0.4 is 5.32 Å². The van der Waals surface area contributed by atoms with E-state index in [1.54, 1.807) is 19.2 Å². The minimum absolute atomic E-state index is 0.157. The van der Waals surface area contributed by atoms with Gasteiger partial charge in [-0.1, -0.05) is 50.1 Å². The van der Waals surface area contributed by atoms with Crippen LogP contribution in [0.3, 0.4) is 0 Å². The topological polar surface area (TPSA) is 38.3 Å². The molecular formula is C15H13Br2NO2. The molecule has 2 aromatic carbocycles. The fourth-order valence-electron chi connectivity index (χ4n) is 1.80. The Morgan fingerprint density at radius 3 is 2.45 bits per heavy atom. The Kier molecular flexibility index (Phi) is 5.34. The predicted molar refractivity (Wildman–Crippen MR) is 87.0 cm³/mol. The van der Waals surface area contributed by atoms with Crippen LogP contribution in [-0.4, -0.2) is 13.0 Å². The second kappa shape index (κ2) is 7.02. The van der Waals surface area contributed by atoms with Crippen molar-refractivity contribution >= 4 is 43.5 Å². The van der Waals surface area contributed by atoms with Gasteiger partial charge in [0.2, 0.25) is 0 Å². The molecule has 0 atom stereocenters. The van der Waals surface area contributed by atoms with Crippen molar-refractivity contribution in [2.75, 3.05) is 12.4 Å². The van der Waals surface area contributed by atoms with Crippen molar-refractivity contribution in [3.63, 3.8) is 0 Å². The first-order chi connectivity index (χ1) is 9.60. The van der Waals surface area contributed by atoms with E-state index in [1.807, 2.05) is 30.3 Å². The Hall–Kier alpha value is -1.17. The fraction of sp³-hybridized carbons (Fsp3) is 0.133. The largest absolute Gasteiger partial charge is 0.380 e. The highest BCUT2D eigenvalue weighted by Gasteiger charge is 2.10. The Balaban J connectivity index is 2.23. The van der Waals surface area contributed by atoms with E-state index in [0.717, 1.165) is 20.2 Å². The van der Waals surface area contributed by atoms with Gasteiger partial charge >= 0.3 is 0 Å². The van der Waals surface area contributed by atoms with Gasteiger partial charge in [0, 0.05) is 32.9 Å². The number of amides is 1. The number of ether oxygens (including phenoxy) is 1. The molecule has 5 heteroatoms. The number of carbonyl (C=O) groups is 1. The average molecular weight is 399 g/mol. The number of benzene rings is 2. The molecule has 3 nitrogen and oxygen atoms in total. The molecule has 2 aromatic rings. The van der Waals surface area contributed by atoms with Crippen LogP contribution in [0.1, 0.15) is 15.9 Å². The highest BCUT2D eigenvalue weighted by Crippen LogP contribution is 2.22. The molecule has 1 amide bonds. The van der Waals surface area contributed by atoms with Gasteiger partial charge in [-0.2, -0.15) is 0 Å². The summed E-state index contributed by atoms with van der Waals surface area (Å²) in [6.07, 6.45) is 0. The number of para-hydroxylation sites is 1. The van der Waals surface area contributed by atoms with Crippen molar-refractivity contribution in [3.05, 3.63) is 62.5 Å². The van der Waals surface area contributed by atoms with Crippen LogP contribution in [0.2, 0.25) is 0 Å². The number of nitrogens with one attached hydrogen (secondary N) is 1. The maximum absolute atomic E-state index is 12.3. The second-order valence-electron chi connectivity index (χ2n) is 4.20. The van der Waals surface area contributed by atoms with Gasteiger partial charge in [0.25, 0.3) is 5.91 Å². The van der Waals surface area contributed by atoms with Crippen LogP contribution in [0.15, 0.2) is 51.4 Å². The summed E-state index contributed by atoms with van der Waals surface area (Å²) in [6, 6.07) is 13.0. The van der Waals surface area contributed by atoms with Crippen LogP contribution in [-0.2, 0) is 11.3 Å². The Bertz CT molecular complexity index is 609. The molecule has 0 radical (unpaired) electrons. The zero-order valence-electron chi connectivity index (χ0n) is 10.8. The van der Waals surface area contributed by atoms with Crippen molar-refractivity contribution in [2.24, 2.45) is 0 Å². The molecule has 0 bridgehead atoms. The van der Waals surface area contributed by atoms with Gasteiger partial charge in [-0.15, -0.1) is 0 Å². The summed E-state index contributed by atoms with van der Waals surface area (Å²) in [6.45, 7) is 0.457. The first kappa shape index (κ1) is 15.2. The molecule has 104 valence electrons. The number of methoxy groups -OCH3 is 1. The molecular weight excluding hydrogens is 386 g/mol. The number of hydrogen-bond donors (Lipinski definition) is 1. The standard InChI is InChI=1S/C15H13Br2NO2/c1-20-9-10-4-2-3-5-14(10)18-15(19)11-6-12(16)8-13(17)7-11/h2-8H,9H2,1H3,(H,18,19). The molecule has 0 fully saturated rings. The van der Waals surface area contributed by atoms with E-state index in [0.29, 0.717) is 12.2 Å². The molecule has 2 rings (SSSR count). The SMILES string of the molecule is COCc1ccccc1NC(=O)c1cc(Br)cc(Br)c1. The number of halogens is 2. The lowest BCUT2D eigenvalue weighted by Gasteiger charge is -2.11. The summed E-state index contributed by atoms with van der Waals surface area (Å²) < 4.78 is 6.83. The molecule has 0 aliphatic rings. The van der Waals surface area contributed by atoms with E-state index in [1.165, 1.54) is 0 Å². The lowest BCUT2D eigenvalue weighted by atomic mass is 10.1. The van der Waals surface area contributed by atoms with Crippen molar-refractivity contribution in [1.29, 1.82) is 0 Å². The minimum Gasteiger partial charge on any atom is -0.380 e. The number of carbonyl (C=O) groups excluding carboxylic acids is 1. The second-order valence-corrected chi connectivity index (χ2v) is 6.03. The van der Waals surface area contributed by atoms with Gasteiger partial charge in [-0.3, -0.25) is 4.79 Å². The lowest BCUT2D eigenvalue weighted by molar-refractivity contribution is 0.102. The first-order valence-corrected chi connectivity index (χ1v) is 7.53. The zero-order chi connectivity index (χ0) is 14.5. The van der Waals surface area contributed by atoms with Crippen molar-refractivity contribution < 1.29 is 9.53 Å². The predicted octanol–water partition coefficient (Wildman–Crippen LogP) is 4.61. The smallest absolute Gasteiger partial charge is 0.255 e. The normalized spacial score (nSPS) is 10.3. The molecule has 0 aromatic heterocycles. The maximum Gasteiger partial charge on any atom is 0.255 e. The zero-order valence-corrected chi connectivity index (χ0v) is 14.0. The van der Waals surface area contributed by atoms with Gasteiger partial charge in [-0.25, -0.2) is 0 Å². The molecule has 20 heavy (non-hydrogen) atoms. The Labute approximate surface area is 134 Å². The highest BCUT2D eigenvalue weighted by molar-refractivity contribution is 9.11.